The van der Waals surface area contributed by atoms with Crippen LogP contribution in [-0.4, -0.2) is 22.6 Å². The van der Waals surface area contributed by atoms with Crippen LogP contribution in [0.3, 0.4) is 0 Å². The number of benzene rings is 1. The summed E-state index contributed by atoms with van der Waals surface area (Å²) in [6, 6.07) is 8.61. The quantitative estimate of drug-likeness (QED) is 0.861. The SMILES string of the molecule is NC(=O)CC(c1ccccc1)N1C(=O)C2CCCCC2C1=O. The van der Waals surface area contributed by atoms with Crippen molar-refractivity contribution < 1.29 is 14.4 Å². The molecule has 0 aromatic heterocycles. The highest BCUT2D eigenvalue weighted by Gasteiger charge is 2.50. The van der Waals surface area contributed by atoms with Crippen molar-refractivity contribution in [2.75, 3.05) is 0 Å². The van der Waals surface area contributed by atoms with Crippen LogP contribution in [0.4, 0.5) is 0 Å². The summed E-state index contributed by atoms with van der Waals surface area (Å²) < 4.78 is 0. The van der Waals surface area contributed by atoms with Gasteiger partial charge in [0.2, 0.25) is 17.7 Å². The third kappa shape index (κ3) is 2.51. The van der Waals surface area contributed by atoms with Crippen LogP contribution in [0.5, 0.6) is 0 Å². The van der Waals surface area contributed by atoms with Gasteiger partial charge in [-0.05, 0) is 18.4 Å². The first-order valence-electron chi connectivity index (χ1n) is 7.79. The number of nitrogens with zero attached hydrogens (tertiary/aromatic N) is 1. The largest absolute Gasteiger partial charge is 0.370 e. The van der Waals surface area contributed by atoms with Crippen LogP contribution in [-0.2, 0) is 14.4 Å². The molecule has 0 bridgehead atoms. The van der Waals surface area contributed by atoms with Crippen LogP contribution in [0.25, 0.3) is 0 Å². The molecule has 1 saturated heterocycles. The van der Waals surface area contributed by atoms with Crippen molar-refractivity contribution >= 4 is 17.7 Å². The van der Waals surface area contributed by atoms with Gasteiger partial charge in [0.05, 0.1) is 24.3 Å². The minimum absolute atomic E-state index is 0.0269. The van der Waals surface area contributed by atoms with E-state index in [2.05, 4.69) is 0 Å². The summed E-state index contributed by atoms with van der Waals surface area (Å²) in [5.74, 6) is -1.19. The lowest BCUT2D eigenvalue weighted by Crippen LogP contribution is -2.37. The normalized spacial score (nSPS) is 25.9. The lowest BCUT2D eigenvalue weighted by atomic mass is 9.81. The number of carbonyl (C=O) groups is 3. The second-order valence-electron chi connectivity index (χ2n) is 6.14. The maximum absolute atomic E-state index is 12.7. The van der Waals surface area contributed by atoms with Crippen molar-refractivity contribution in [1.82, 2.24) is 4.90 Å². The molecule has 5 heteroatoms. The number of fused-ring (bicyclic) bond motifs is 1. The Morgan fingerprint density at radius 1 is 1.09 bits per heavy atom. The van der Waals surface area contributed by atoms with Crippen molar-refractivity contribution in [3.05, 3.63) is 35.9 Å². The minimum atomic E-state index is -0.579. The van der Waals surface area contributed by atoms with Gasteiger partial charge in [0, 0.05) is 0 Å². The third-order valence-corrected chi connectivity index (χ3v) is 4.77. The number of primary amides is 1. The second kappa shape index (κ2) is 5.91. The maximum Gasteiger partial charge on any atom is 0.233 e. The van der Waals surface area contributed by atoms with E-state index in [-0.39, 0.29) is 30.1 Å². The van der Waals surface area contributed by atoms with E-state index in [0.29, 0.717) is 0 Å². The van der Waals surface area contributed by atoms with E-state index in [4.69, 9.17) is 5.73 Å². The molecule has 3 atom stereocenters. The van der Waals surface area contributed by atoms with Crippen LogP contribution in [0, 0.1) is 11.8 Å². The first-order chi connectivity index (χ1) is 10.6. The van der Waals surface area contributed by atoms with Crippen LogP contribution >= 0.6 is 0 Å². The second-order valence-corrected chi connectivity index (χ2v) is 6.14. The number of amides is 3. The lowest BCUT2D eigenvalue weighted by molar-refractivity contribution is -0.143. The molecule has 1 aliphatic carbocycles. The van der Waals surface area contributed by atoms with Gasteiger partial charge in [-0.25, -0.2) is 0 Å². The van der Waals surface area contributed by atoms with E-state index in [1.165, 1.54) is 4.90 Å². The molecule has 3 rings (SSSR count). The van der Waals surface area contributed by atoms with E-state index >= 15 is 0 Å². The smallest absolute Gasteiger partial charge is 0.233 e. The van der Waals surface area contributed by atoms with Crippen LogP contribution in [0.15, 0.2) is 30.3 Å². The van der Waals surface area contributed by atoms with E-state index in [9.17, 15) is 14.4 Å². The van der Waals surface area contributed by atoms with E-state index < -0.39 is 11.9 Å². The van der Waals surface area contributed by atoms with Crippen molar-refractivity contribution in [2.24, 2.45) is 17.6 Å². The van der Waals surface area contributed by atoms with E-state index in [1.54, 1.807) is 0 Å². The molecule has 1 saturated carbocycles. The fourth-order valence-electron chi connectivity index (χ4n) is 3.72. The lowest BCUT2D eigenvalue weighted by Gasteiger charge is -2.26. The number of carbonyl (C=O) groups excluding carboxylic acids is 3. The van der Waals surface area contributed by atoms with Gasteiger partial charge in [-0.2, -0.15) is 0 Å². The number of hydrogen-bond donors (Lipinski definition) is 1. The fraction of sp³-hybridized carbons (Fsp3) is 0.471. The molecule has 0 radical (unpaired) electrons. The molecular formula is C17H20N2O3. The molecule has 1 heterocycles. The molecule has 1 aromatic rings. The number of imide groups is 1. The Kier molecular flexibility index (Phi) is 3.96. The van der Waals surface area contributed by atoms with E-state index in [0.717, 1.165) is 31.2 Å². The number of nitrogens with two attached hydrogens (primary N) is 1. The van der Waals surface area contributed by atoms with Crippen molar-refractivity contribution in [3.63, 3.8) is 0 Å². The van der Waals surface area contributed by atoms with Crippen molar-refractivity contribution in [2.45, 2.75) is 38.1 Å². The predicted molar refractivity (Wildman–Crippen MR) is 80.3 cm³/mol. The highest BCUT2D eigenvalue weighted by Crippen LogP contribution is 2.42. The van der Waals surface area contributed by atoms with Gasteiger partial charge in [-0.3, -0.25) is 19.3 Å². The maximum atomic E-state index is 12.7. The summed E-state index contributed by atoms with van der Waals surface area (Å²) in [5, 5.41) is 0. The minimum Gasteiger partial charge on any atom is -0.370 e. The summed E-state index contributed by atoms with van der Waals surface area (Å²) in [4.78, 5) is 38.1. The molecule has 1 aromatic carbocycles. The Morgan fingerprint density at radius 3 is 2.14 bits per heavy atom. The van der Waals surface area contributed by atoms with Crippen molar-refractivity contribution in [1.29, 1.82) is 0 Å². The van der Waals surface area contributed by atoms with Gasteiger partial charge in [-0.1, -0.05) is 43.2 Å². The predicted octanol–water partition coefficient (Wildman–Crippen LogP) is 1.78. The first-order valence-corrected chi connectivity index (χ1v) is 7.79. The summed E-state index contributed by atoms with van der Waals surface area (Å²) in [5.41, 5.74) is 6.13. The Labute approximate surface area is 129 Å². The Hall–Kier alpha value is -2.17. The summed E-state index contributed by atoms with van der Waals surface area (Å²) in [6.45, 7) is 0. The third-order valence-electron chi connectivity index (χ3n) is 4.77. The van der Waals surface area contributed by atoms with Gasteiger partial charge in [0.1, 0.15) is 0 Å². The number of likely N-dealkylation sites (tertiary alicyclic amines) is 1. The average Bonchev–Trinajstić information content (AvgIpc) is 2.78. The molecule has 3 unspecified atom stereocenters. The molecule has 3 amide bonds. The summed E-state index contributed by atoms with van der Waals surface area (Å²) in [7, 11) is 0. The standard InChI is InChI=1S/C17H20N2O3/c18-15(20)10-14(11-6-2-1-3-7-11)19-16(21)12-8-4-5-9-13(12)17(19)22/h1-3,6-7,12-14H,4-5,8-10H2,(H2,18,20). The van der Waals surface area contributed by atoms with Crippen LogP contribution in [0.1, 0.15) is 43.7 Å². The number of hydrogen-bond acceptors (Lipinski definition) is 3. The molecule has 22 heavy (non-hydrogen) atoms. The van der Waals surface area contributed by atoms with Gasteiger partial charge in [0.15, 0.2) is 0 Å². The first kappa shape index (κ1) is 14.8. The summed E-state index contributed by atoms with van der Waals surface area (Å²) in [6.07, 6.45) is 3.48. The Balaban J connectivity index is 1.95. The topological polar surface area (TPSA) is 80.5 Å². The van der Waals surface area contributed by atoms with Crippen molar-refractivity contribution in [3.8, 4) is 0 Å². The average molecular weight is 300 g/mol. The molecule has 2 aliphatic rings. The summed E-state index contributed by atoms with van der Waals surface area (Å²) >= 11 is 0. The monoisotopic (exact) mass is 300 g/mol. The van der Waals surface area contributed by atoms with Crippen LogP contribution in [0.2, 0.25) is 0 Å². The molecular weight excluding hydrogens is 280 g/mol. The van der Waals surface area contributed by atoms with Gasteiger partial charge < -0.3 is 5.73 Å². The zero-order chi connectivity index (χ0) is 15.7. The van der Waals surface area contributed by atoms with Gasteiger partial charge in [-0.15, -0.1) is 0 Å². The highest BCUT2D eigenvalue weighted by atomic mass is 16.2. The molecule has 1 aliphatic heterocycles. The zero-order valence-corrected chi connectivity index (χ0v) is 12.4. The molecule has 0 spiro atoms. The van der Waals surface area contributed by atoms with Gasteiger partial charge >= 0.3 is 0 Å². The Morgan fingerprint density at radius 2 is 1.64 bits per heavy atom. The zero-order valence-electron chi connectivity index (χ0n) is 12.4. The van der Waals surface area contributed by atoms with Gasteiger partial charge in [0.25, 0.3) is 0 Å². The molecule has 2 fully saturated rings. The Bertz CT molecular complexity index is 575. The van der Waals surface area contributed by atoms with E-state index in [1.807, 2.05) is 30.3 Å². The molecule has 5 nitrogen and oxygen atoms in total. The van der Waals surface area contributed by atoms with Crippen LogP contribution < -0.4 is 5.73 Å². The number of rotatable bonds is 4. The molecule has 116 valence electrons. The molecule has 2 N–H and O–H groups in total. The highest BCUT2D eigenvalue weighted by molar-refractivity contribution is 6.05. The fourth-order valence-corrected chi connectivity index (χ4v) is 3.72.